The van der Waals surface area contributed by atoms with E-state index in [9.17, 15) is 5.11 Å². The van der Waals surface area contributed by atoms with E-state index in [0.717, 1.165) is 44.9 Å². The SMILES string of the molecule is CN1CCC2(CC1)c1ccccc1[C@H](N1CCC(Cc3ccccc3)CC1)[C@H]2O. The number of piperidine rings is 2. The summed E-state index contributed by atoms with van der Waals surface area (Å²) in [5.74, 6) is 0.764. The van der Waals surface area contributed by atoms with E-state index >= 15 is 0 Å². The molecule has 3 heteroatoms. The number of hydrogen-bond donors (Lipinski definition) is 1. The van der Waals surface area contributed by atoms with Crippen LogP contribution in [0.1, 0.15) is 48.4 Å². The number of hydrogen-bond acceptors (Lipinski definition) is 3. The van der Waals surface area contributed by atoms with E-state index in [4.69, 9.17) is 0 Å². The van der Waals surface area contributed by atoms with Crippen LogP contribution >= 0.6 is 0 Å². The molecule has 3 aliphatic rings. The van der Waals surface area contributed by atoms with Crippen LogP contribution in [0.4, 0.5) is 0 Å². The Labute approximate surface area is 175 Å². The molecule has 2 fully saturated rings. The molecular formula is C26H34N2O. The quantitative estimate of drug-likeness (QED) is 0.857. The van der Waals surface area contributed by atoms with Crippen molar-refractivity contribution in [3.63, 3.8) is 0 Å². The van der Waals surface area contributed by atoms with Crippen LogP contribution in [-0.2, 0) is 11.8 Å². The van der Waals surface area contributed by atoms with Gasteiger partial charge in [0, 0.05) is 5.41 Å². The van der Waals surface area contributed by atoms with Gasteiger partial charge in [0.05, 0.1) is 12.1 Å². The third-order valence-corrected chi connectivity index (χ3v) is 7.97. The Morgan fingerprint density at radius 1 is 0.897 bits per heavy atom. The minimum absolute atomic E-state index is 0.0470. The van der Waals surface area contributed by atoms with Crippen LogP contribution in [0.25, 0.3) is 0 Å². The highest BCUT2D eigenvalue weighted by molar-refractivity contribution is 5.45. The summed E-state index contributed by atoms with van der Waals surface area (Å²) in [5, 5.41) is 11.7. The maximum Gasteiger partial charge on any atom is 0.0834 e. The van der Waals surface area contributed by atoms with Gasteiger partial charge in [0.1, 0.15) is 0 Å². The van der Waals surface area contributed by atoms with E-state index in [1.54, 1.807) is 0 Å². The summed E-state index contributed by atoms with van der Waals surface area (Å²) in [5.41, 5.74) is 4.24. The van der Waals surface area contributed by atoms with Crippen molar-refractivity contribution in [3.8, 4) is 0 Å². The van der Waals surface area contributed by atoms with Crippen molar-refractivity contribution in [2.45, 2.75) is 49.7 Å². The molecule has 5 rings (SSSR count). The zero-order valence-electron chi connectivity index (χ0n) is 17.6. The molecule has 1 aliphatic carbocycles. The summed E-state index contributed by atoms with van der Waals surface area (Å²) in [4.78, 5) is 5.00. The van der Waals surface area contributed by atoms with Gasteiger partial charge in [-0.05, 0) is 87.9 Å². The second-order valence-corrected chi connectivity index (χ2v) is 9.61. The van der Waals surface area contributed by atoms with Crippen LogP contribution in [0.5, 0.6) is 0 Å². The molecule has 2 atom stereocenters. The fraction of sp³-hybridized carbons (Fsp3) is 0.538. The molecule has 2 saturated heterocycles. The number of aliphatic hydroxyl groups is 1. The summed E-state index contributed by atoms with van der Waals surface area (Å²) in [6, 6.07) is 20.0. The molecule has 1 N–H and O–H groups in total. The van der Waals surface area contributed by atoms with Crippen LogP contribution in [0.3, 0.4) is 0 Å². The first-order chi connectivity index (χ1) is 14.2. The maximum absolute atomic E-state index is 11.7. The van der Waals surface area contributed by atoms with Crippen molar-refractivity contribution >= 4 is 0 Å². The van der Waals surface area contributed by atoms with Gasteiger partial charge in [0.25, 0.3) is 0 Å². The first-order valence-electron chi connectivity index (χ1n) is 11.4. The lowest BCUT2D eigenvalue weighted by atomic mass is 9.72. The average Bonchev–Trinajstić information content (AvgIpc) is 3.00. The Balaban J connectivity index is 1.33. The van der Waals surface area contributed by atoms with Crippen molar-refractivity contribution in [1.82, 2.24) is 9.80 Å². The normalized spacial score (nSPS) is 27.9. The minimum atomic E-state index is -0.278. The minimum Gasteiger partial charge on any atom is -0.390 e. The maximum atomic E-state index is 11.7. The van der Waals surface area contributed by atoms with Crippen molar-refractivity contribution in [2.24, 2.45) is 5.92 Å². The molecule has 154 valence electrons. The fourth-order valence-electron chi connectivity index (χ4n) is 6.20. The molecule has 0 saturated carbocycles. The topological polar surface area (TPSA) is 26.7 Å². The first-order valence-corrected chi connectivity index (χ1v) is 11.4. The summed E-state index contributed by atoms with van der Waals surface area (Å²) < 4.78 is 0. The van der Waals surface area contributed by atoms with Gasteiger partial charge in [-0.25, -0.2) is 0 Å². The van der Waals surface area contributed by atoms with Crippen molar-refractivity contribution in [3.05, 3.63) is 71.3 Å². The number of rotatable bonds is 3. The monoisotopic (exact) mass is 390 g/mol. The van der Waals surface area contributed by atoms with Crippen molar-refractivity contribution in [2.75, 3.05) is 33.2 Å². The van der Waals surface area contributed by atoms with Crippen molar-refractivity contribution < 1.29 is 5.11 Å². The zero-order valence-corrected chi connectivity index (χ0v) is 17.6. The van der Waals surface area contributed by atoms with Crippen LogP contribution in [-0.4, -0.2) is 54.2 Å². The molecular weight excluding hydrogens is 356 g/mol. The van der Waals surface area contributed by atoms with E-state index in [2.05, 4.69) is 71.4 Å². The van der Waals surface area contributed by atoms with E-state index in [0.29, 0.717) is 0 Å². The molecule has 0 aromatic heterocycles. The Bertz CT molecular complexity index is 820. The van der Waals surface area contributed by atoms with Gasteiger partial charge in [0.2, 0.25) is 0 Å². The van der Waals surface area contributed by atoms with Crippen LogP contribution in [0.2, 0.25) is 0 Å². The fourth-order valence-corrected chi connectivity index (χ4v) is 6.20. The standard InChI is InChI=1S/C26H34N2O/c1-27-17-13-26(14-18-27)23-10-6-5-9-22(23)24(25(26)29)28-15-11-21(12-16-28)19-20-7-3-2-4-8-20/h2-10,21,24-25,29H,11-19H2,1H3/t24-,25+/m0/s1. The van der Waals surface area contributed by atoms with Gasteiger partial charge in [-0.3, -0.25) is 4.90 Å². The zero-order chi connectivity index (χ0) is 19.8. The Morgan fingerprint density at radius 2 is 1.55 bits per heavy atom. The molecule has 0 bridgehead atoms. The van der Waals surface area contributed by atoms with Gasteiger partial charge in [-0.15, -0.1) is 0 Å². The summed E-state index contributed by atoms with van der Waals surface area (Å²) in [7, 11) is 2.20. The predicted octanol–water partition coefficient (Wildman–Crippen LogP) is 4.02. The molecule has 0 radical (unpaired) electrons. The van der Waals surface area contributed by atoms with E-state index in [-0.39, 0.29) is 17.6 Å². The Morgan fingerprint density at radius 3 is 2.28 bits per heavy atom. The molecule has 1 spiro atoms. The molecule has 2 heterocycles. The highest BCUT2D eigenvalue weighted by Crippen LogP contribution is 2.53. The molecule has 29 heavy (non-hydrogen) atoms. The summed E-state index contributed by atoms with van der Waals surface area (Å²) in [6.07, 6.45) is 5.52. The highest BCUT2D eigenvalue weighted by atomic mass is 16.3. The van der Waals surface area contributed by atoms with Crippen molar-refractivity contribution in [1.29, 1.82) is 0 Å². The smallest absolute Gasteiger partial charge is 0.0834 e. The second-order valence-electron chi connectivity index (χ2n) is 9.61. The van der Waals surface area contributed by atoms with Gasteiger partial charge in [0.15, 0.2) is 0 Å². The number of benzene rings is 2. The van der Waals surface area contributed by atoms with Crippen LogP contribution in [0, 0.1) is 5.92 Å². The van der Waals surface area contributed by atoms with Crippen LogP contribution < -0.4 is 0 Å². The largest absolute Gasteiger partial charge is 0.390 e. The third kappa shape index (κ3) is 3.43. The Kier molecular flexibility index (Phi) is 5.23. The number of likely N-dealkylation sites (tertiary alicyclic amines) is 2. The second kappa shape index (κ2) is 7.86. The number of fused-ring (bicyclic) bond motifs is 2. The van der Waals surface area contributed by atoms with E-state index in [1.807, 2.05) is 0 Å². The van der Waals surface area contributed by atoms with Gasteiger partial charge in [-0.1, -0.05) is 54.6 Å². The number of aliphatic hydroxyl groups excluding tert-OH is 1. The molecule has 3 nitrogen and oxygen atoms in total. The summed E-state index contributed by atoms with van der Waals surface area (Å²) in [6.45, 7) is 4.36. The average molecular weight is 391 g/mol. The molecule has 0 unspecified atom stereocenters. The van der Waals surface area contributed by atoms with Gasteiger partial charge < -0.3 is 10.0 Å². The molecule has 2 aromatic carbocycles. The lowest BCUT2D eigenvalue weighted by Gasteiger charge is -2.44. The van der Waals surface area contributed by atoms with Gasteiger partial charge >= 0.3 is 0 Å². The lowest BCUT2D eigenvalue weighted by Crippen LogP contribution is -2.50. The predicted molar refractivity (Wildman–Crippen MR) is 118 cm³/mol. The molecule has 2 aromatic rings. The van der Waals surface area contributed by atoms with Gasteiger partial charge in [-0.2, -0.15) is 0 Å². The number of nitrogens with zero attached hydrogens (tertiary/aromatic N) is 2. The molecule has 0 amide bonds. The third-order valence-electron chi connectivity index (χ3n) is 7.97. The van der Waals surface area contributed by atoms with E-state index < -0.39 is 0 Å². The summed E-state index contributed by atoms with van der Waals surface area (Å²) >= 11 is 0. The van der Waals surface area contributed by atoms with E-state index in [1.165, 1.54) is 36.0 Å². The highest BCUT2D eigenvalue weighted by Gasteiger charge is 2.53. The Hall–Kier alpha value is -1.68. The van der Waals surface area contributed by atoms with Crippen LogP contribution in [0.15, 0.2) is 54.6 Å². The first kappa shape index (κ1) is 19.3. The molecule has 2 aliphatic heterocycles. The lowest BCUT2D eigenvalue weighted by molar-refractivity contribution is -0.0219.